The Hall–Kier alpha value is -2.12. The molecule has 1 N–H and O–H groups in total. The van der Waals surface area contributed by atoms with Crippen LogP contribution >= 0.6 is 0 Å². The lowest BCUT2D eigenvalue weighted by atomic mass is 10.0. The smallest absolute Gasteiger partial charge is 0.147 e. The van der Waals surface area contributed by atoms with E-state index in [1.165, 1.54) is 6.07 Å². The standard InChI is InChI=1S/C18H22F2N4O/c1-2-17(15-4-3-13(19)9-16(15)20)23-5-7-24(8-6-23)18-11-21-14(12-25)10-22-18/h3-4,9-11,17,25H,2,5-8,12H2,1H3. The summed E-state index contributed by atoms with van der Waals surface area (Å²) in [6.45, 7) is 4.93. The molecular weight excluding hydrogens is 326 g/mol. The number of aromatic nitrogens is 2. The van der Waals surface area contributed by atoms with Crippen molar-refractivity contribution >= 4 is 5.82 Å². The Balaban J connectivity index is 1.67. The summed E-state index contributed by atoms with van der Waals surface area (Å²) in [4.78, 5) is 12.8. The number of halogens is 2. The molecule has 0 saturated carbocycles. The van der Waals surface area contributed by atoms with E-state index in [9.17, 15) is 8.78 Å². The second-order valence-electron chi connectivity index (χ2n) is 6.14. The first-order valence-electron chi connectivity index (χ1n) is 8.48. The lowest BCUT2D eigenvalue weighted by Gasteiger charge is -2.39. The van der Waals surface area contributed by atoms with Gasteiger partial charge in [0, 0.05) is 43.9 Å². The first-order valence-corrected chi connectivity index (χ1v) is 8.48. The van der Waals surface area contributed by atoms with Crippen LogP contribution in [0.25, 0.3) is 0 Å². The van der Waals surface area contributed by atoms with Gasteiger partial charge in [-0.3, -0.25) is 9.88 Å². The molecule has 7 heteroatoms. The highest BCUT2D eigenvalue weighted by Gasteiger charge is 2.26. The predicted molar refractivity (Wildman–Crippen MR) is 91.1 cm³/mol. The Labute approximate surface area is 145 Å². The average Bonchev–Trinajstić information content (AvgIpc) is 2.65. The van der Waals surface area contributed by atoms with Crippen LogP contribution in [0.5, 0.6) is 0 Å². The zero-order chi connectivity index (χ0) is 17.8. The third-order valence-electron chi connectivity index (χ3n) is 4.64. The zero-order valence-electron chi connectivity index (χ0n) is 14.2. The molecule has 3 rings (SSSR count). The van der Waals surface area contributed by atoms with E-state index in [0.29, 0.717) is 11.3 Å². The Bertz CT molecular complexity index is 703. The van der Waals surface area contributed by atoms with Crippen molar-refractivity contribution in [3.63, 3.8) is 0 Å². The van der Waals surface area contributed by atoms with Gasteiger partial charge in [0.25, 0.3) is 0 Å². The summed E-state index contributed by atoms with van der Waals surface area (Å²) in [6, 6.07) is 3.75. The number of rotatable bonds is 5. The second-order valence-corrected chi connectivity index (χ2v) is 6.14. The molecule has 1 aliphatic rings. The minimum absolute atomic E-state index is 0.0643. The molecule has 2 heterocycles. The summed E-state index contributed by atoms with van der Waals surface area (Å²) in [5, 5.41) is 9.03. The van der Waals surface area contributed by atoms with Crippen LogP contribution in [0.4, 0.5) is 14.6 Å². The van der Waals surface area contributed by atoms with E-state index in [2.05, 4.69) is 19.8 Å². The summed E-state index contributed by atoms with van der Waals surface area (Å²) < 4.78 is 27.3. The molecule has 134 valence electrons. The van der Waals surface area contributed by atoms with Crippen LogP contribution < -0.4 is 4.90 Å². The van der Waals surface area contributed by atoms with Crippen LogP contribution in [0, 0.1) is 11.6 Å². The minimum Gasteiger partial charge on any atom is -0.390 e. The molecule has 1 atom stereocenters. The number of hydrogen-bond donors (Lipinski definition) is 1. The van der Waals surface area contributed by atoms with Crippen molar-refractivity contribution in [1.82, 2.24) is 14.9 Å². The lowest BCUT2D eigenvalue weighted by molar-refractivity contribution is 0.177. The third-order valence-corrected chi connectivity index (χ3v) is 4.64. The first kappa shape index (κ1) is 17.7. The van der Waals surface area contributed by atoms with E-state index in [4.69, 9.17) is 5.11 Å². The normalized spacial score (nSPS) is 16.9. The van der Waals surface area contributed by atoms with E-state index in [-0.39, 0.29) is 12.6 Å². The molecule has 1 aliphatic heterocycles. The average molecular weight is 348 g/mol. The van der Waals surface area contributed by atoms with E-state index in [1.807, 2.05) is 6.92 Å². The van der Waals surface area contributed by atoms with Crippen LogP contribution in [0.3, 0.4) is 0 Å². The number of nitrogens with zero attached hydrogens (tertiary/aromatic N) is 4. The number of aliphatic hydroxyl groups is 1. The second kappa shape index (κ2) is 7.84. The Morgan fingerprint density at radius 3 is 2.44 bits per heavy atom. The largest absolute Gasteiger partial charge is 0.390 e. The van der Waals surface area contributed by atoms with Gasteiger partial charge in [-0.2, -0.15) is 0 Å². The topological polar surface area (TPSA) is 52.5 Å². The minimum atomic E-state index is -0.550. The molecule has 25 heavy (non-hydrogen) atoms. The van der Waals surface area contributed by atoms with Crippen molar-refractivity contribution in [2.75, 3.05) is 31.1 Å². The Kier molecular flexibility index (Phi) is 5.55. The van der Waals surface area contributed by atoms with Gasteiger partial charge in [0.15, 0.2) is 0 Å². The molecule has 0 aliphatic carbocycles. The quantitative estimate of drug-likeness (QED) is 0.900. The van der Waals surface area contributed by atoms with E-state index >= 15 is 0 Å². The van der Waals surface area contributed by atoms with E-state index in [1.54, 1.807) is 18.5 Å². The maximum absolute atomic E-state index is 14.1. The summed E-state index contributed by atoms with van der Waals surface area (Å²) in [7, 11) is 0. The molecule has 0 amide bonds. The fraction of sp³-hybridized carbons (Fsp3) is 0.444. The van der Waals surface area contributed by atoms with Gasteiger partial charge in [0.05, 0.1) is 24.7 Å². The lowest BCUT2D eigenvalue weighted by Crippen LogP contribution is -2.48. The van der Waals surface area contributed by atoms with Crippen LogP contribution in [-0.4, -0.2) is 46.2 Å². The van der Waals surface area contributed by atoms with Gasteiger partial charge in [0.2, 0.25) is 0 Å². The fourth-order valence-corrected chi connectivity index (χ4v) is 3.30. The van der Waals surface area contributed by atoms with Crippen molar-refractivity contribution in [3.8, 4) is 0 Å². The van der Waals surface area contributed by atoms with E-state index < -0.39 is 11.6 Å². The molecule has 0 bridgehead atoms. The van der Waals surface area contributed by atoms with Gasteiger partial charge < -0.3 is 10.0 Å². The van der Waals surface area contributed by atoms with Gasteiger partial charge in [-0.15, -0.1) is 0 Å². The van der Waals surface area contributed by atoms with Crippen molar-refractivity contribution in [3.05, 3.63) is 53.5 Å². The Morgan fingerprint density at radius 2 is 1.88 bits per heavy atom. The highest BCUT2D eigenvalue weighted by atomic mass is 19.1. The van der Waals surface area contributed by atoms with Crippen molar-refractivity contribution in [1.29, 1.82) is 0 Å². The van der Waals surface area contributed by atoms with Gasteiger partial charge in [-0.25, -0.2) is 13.8 Å². The Morgan fingerprint density at radius 1 is 1.12 bits per heavy atom. The number of benzene rings is 1. The molecule has 0 radical (unpaired) electrons. The summed E-state index contributed by atoms with van der Waals surface area (Å²) in [5.41, 5.74) is 1.09. The summed E-state index contributed by atoms with van der Waals surface area (Å²) in [6.07, 6.45) is 4.00. The van der Waals surface area contributed by atoms with Gasteiger partial charge >= 0.3 is 0 Å². The number of anilines is 1. The molecule has 0 spiro atoms. The number of piperazine rings is 1. The summed E-state index contributed by atoms with van der Waals surface area (Å²) >= 11 is 0. The molecule has 1 saturated heterocycles. The maximum atomic E-state index is 14.1. The molecule has 1 fully saturated rings. The van der Waals surface area contributed by atoms with E-state index in [0.717, 1.165) is 44.5 Å². The SMILES string of the molecule is CCC(c1ccc(F)cc1F)N1CCN(c2cnc(CO)cn2)CC1. The highest BCUT2D eigenvalue weighted by Crippen LogP contribution is 2.28. The van der Waals surface area contributed by atoms with Crippen molar-refractivity contribution in [2.45, 2.75) is 26.0 Å². The number of aliphatic hydroxyl groups excluding tert-OH is 1. The predicted octanol–water partition coefficient (Wildman–Crippen LogP) is 2.52. The van der Waals surface area contributed by atoms with Crippen LogP contribution in [0.1, 0.15) is 30.6 Å². The summed E-state index contributed by atoms with van der Waals surface area (Å²) in [5.74, 6) is -0.261. The molecule has 2 aromatic rings. The van der Waals surface area contributed by atoms with Gasteiger partial charge in [-0.05, 0) is 12.5 Å². The first-order chi connectivity index (χ1) is 12.1. The number of hydrogen-bond acceptors (Lipinski definition) is 5. The molecule has 1 aromatic heterocycles. The zero-order valence-corrected chi connectivity index (χ0v) is 14.2. The van der Waals surface area contributed by atoms with Crippen molar-refractivity contribution in [2.24, 2.45) is 0 Å². The van der Waals surface area contributed by atoms with Crippen LogP contribution in [0.2, 0.25) is 0 Å². The van der Waals surface area contributed by atoms with Gasteiger partial charge in [0.1, 0.15) is 17.5 Å². The molecule has 5 nitrogen and oxygen atoms in total. The van der Waals surface area contributed by atoms with Gasteiger partial charge in [-0.1, -0.05) is 13.0 Å². The third kappa shape index (κ3) is 3.93. The molecule has 1 unspecified atom stereocenters. The van der Waals surface area contributed by atoms with Crippen LogP contribution in [-0.2, 0) is 6.61 Å². The monoisotopic (exact) mass is 348 g/mol. The fourth-order valence-electron chi connectivity index (χ4n) is 3.30. The maximum Gasteiger partial charge on any atom is 0.147 e. The van der Waals surface area contributed by atoms with Crippen molar-refractivity contribution < 1.29 is 13.9 Å². The highest BCUT2D eigenvalue weighted by molar-refractivity contribution is 5.36. The molecule has 1 aromatic carbocycles. The molecular formula is C18H22F2N4O. The van der Waals surface area contributed by atoms with Crippen LogP contribution in [0.15, 0.2) is 30.6 Å².